The lowest BCUT2D eigenvalue weighted by atomic mass is 9.91. The summed E-state index contributed by atoms with van der Waals surface area (Å²) in [5, 5.41) is 7.74. The third-order valence-electron chi connectivity index (χ3n) is 20.5. The van der Waals surface area contributed by atoms with Crippen molar-refractivity contribution in [3.8, 4) is 45.0 Å². The summed E-state index contributed by atoms with van der Waals surface area (Å²) in [6.07, 6.45) is 20.7. The molecule has 0 radical (unpaired) electrons. The summed E-state index contributed by atoms with van der Waals surface area (Å²) in [6.45, 7) is 20.1. The van der Waals surface area contributed by atoms with Crippen molar-refractivity contribution < 1.29 is 13.3 Å². The number of likely N-dealkylation sites (N-methyl/N-ethyl adjacent to an activating group) is 2. The Bertz CT molecular complexity index is 6420. The van der Waals surface area contributed by atoms with E-state index in [1.54, 1.807) is 90.4 Å². The molecule has 0 unspecified atom stereocenters. The molecule has 0 spiro atoms. The lowest BCUT2D eigenvalue weighted by Gasteiger charge is -2.28. The first-order valence-corrected chi connectivity index (χ1v) is 38.0. The van der Waals surface area contributed by atoms with Gasteiger partial charge in [-0.2, -0.15) is 0 Å². The summed E-state index contributed by atoms with van der Waals surface area (Å²) in [5.74, 6) is 3.13. The van der Waals surface area contributed by atoms with E-state index in [9.17, 15) is 19.2 Å². The summed E-state index contributed by atoms with van der Waals surface area (Å²) in [4.78, 5) is 107. The molecular weight excluding hydrogens is 1420 g/mol. The molecule has 4 aliphatic rings. The summed E-state index contributed by atoms with van der Waals surface area (Å²) < 4.78 is 24.2. The molecule has 16 heterocycles. The number of anilines is 1. The lowest BCUT2D eigenvalue weighted by molar-refractivity contribution is 0.318. The van der Waals surface area contributed by atoms with Crippen LogP contribution in [-0.2, 0) is 0 Å². The minimum atomic E-state index is -0.136. The highest BCUT2D eigenvalue weighted by molar-refractivity contribution is 7.18. The largest absolute Gasteiger partial charge is 0.441 e. The van der Waals surface area contributed by atoms with E-state index in [4.69, 9.17) is 18.2 Å². The van der Waals surface area contributed by atoms with Crippen molar-refractivity contribution in [3.05, 3.63) is 246 Å². The number of piperazine rings is 1. The maximum Gasteiger partial charge on any atom is 0.258 e. The number of pyridine rings is 1. The van der Waals surface area contributed by atoms with Gasteiger partial charge in [0.05, 0.1) is 74.2 Å². The molecular formula is C83H78N20O7S. The molecule has 0 amide bonds. The lowest BCUT2D eigenvalue weighted by Crippen LogP contribution is -2.44. The number of nitrogens with zero attached hydrogens (tertiary/aromatic N) is 18. The number of thiazole rings is 1. The fourth-order valence-corrected chi connectivity index (χ4v) is 15.4. The first kappa shape index (κ1) is 71.5. The first-order chi connectivity index (χ1) is 54.0. The normalized spacial score (nSPS) is 15.2. The fourth-order valence-electron chi connectivity index (χ4n) is 14.6. The molecule has 2 N–H and O–H groups in total. The molecule has 2 saturated heterocycles. The van der Waals surface area contributed by atoms with E-state index in [1.165, 1.54) is 16.7 Å². The number of aryl methyl sites for hydroxylation is 4. The average molecular weight is 1500 g/mol. The summed E-state index contributed by atoms with van der Waals surface area (Å²) in [5.41, 5.74) is 18.3. The highest BCUT2D eigenvalue weighted by atomic mass is 32.1. The van der Waals surface area contributed by atoms with Gasteiger partial charge in [-0.1, -0.05) is 49.4 Å². The van der Waals surface area contributed by atoms with Crippen LogP contribution in [0.2, 0.25) is 0 Å². The number of rotatable bonds is 9. The van der Waals surface area contributed by atoms with E-state index in [1.807, 2.05) is 107 Å². The SMILES string of the molecule is CCN1CC=C(c2cn3c(=O)cc(-c4ccc5nc(C)oc5c4)nc3cn2)CC1.Cc1nc2ccc(-c3cc(=O)n4cc(C5=CCN(C)CC5)ncc4n3)cc2o1.Cc1nc2ccc(-c3cc(=O)n4cc(C5CCNCC5)ccc4n3)cc2s1.Cc1nc2ccc(-c3cc(=O)n4cc(N5CCNCC5)ncc4n3)cc2o1. The molecule has 0 saturated carbocycles. The topological polar surface area (TPSA) is 301 Å². The van der Waals surface area contributed by atoms with Gasteiger partial charge in [-0.3, -0.25) is 51.6 Å². The van der Waals surface area contributed by atoms with Gasteiger partial charge in [-0.05, 0) is 137 Å². The van der Waals surface area contributed by atoms with E-state index >= 15 is 0 Å². The molecule has 2 fully saturated rings. The molecule has 558 valence electrons. The molecule has 16 aromatic rings. The number of piperidine rings is 1. The predicted octanol–water partition coefficient (Wildman–Crippen LogP) is 11.6. The van der Waals surface area contributed by atoms with E-state index in [0.717, 1.165) is 169 Å². The molecule has 0 aliphatic carbocycles. The maximum atomic E-state index is 12.8. The van der Waals surface area contributed by atoms with Crippen molar-refractivity contribution in [1.29, 1.82) is 0 Å². The van der Waals surface area contributed by atoms with E-state index in [-0.39, 0.29) is 22.2 Å². The summed E-state index contributed by atoms with van der Waals surface area (Å²) in [7, 11) is 2.09. The van der Waals surface area contributed by atoms with Crippen LogP contribution in [0.1, 0.15) is 78.2 Å². The number of nitrogens with one attached hydrogen (secondary N) is 2. The van der Waals surface area contributed by atoms with Gasteiger partial charge in [-0.25, -0.2) is 44.9 Å². The van der Waals surface area contributed by atoms with Crippen molar-refractivity contribution in [3.63, 3.8) is 0 Å². The Kier molecular flexibility index (Phi) is 19.7. The summed E-state index contributed by atoms with van der Waals surface area (Å²) >= 11 is 1.66. The fraction of sp³-hybridized carbons (Fsp3) is 0.265. The van der Waals surface area contributed by atoms with Crippen LogP contribution in [0.15, 0.2) is 197 Å². The third-order valence-corrected chi connectivity index (χ3v) is 21.5. The van der Waals surface area contributed by atoms with E-state index in [0.29, 0.717) is 85.7 Å². The van der Waals surface area contributed by atoms with E-state index < -0.39 is 0 Å². The number of hydrogen-bond acceptors (Lipinski definition) is 24. The smallest absolute Gasteiger partial charge is 0.258 e. The van der Waals surface area contributed by atoms with Gasteiger partial charge < -0.3 is 33.7 Å². The molecule has 0 bridgehead atoms. The minimum absolute atomic E-state index is 0.0358. The second kappa shape index (κ2) is 30.5. The van der Waals surface area contributed by atoms with Gasteiger partial charge in [0.2, 0.25) is 0 Å². The Morgan fingerprint density at radius 2 is 0.892 bits per heavy atom. The van der Waals surface area contributed by atoms with Crippen LogP contribution in [0, 0.1) is 27.7 Å². The Morgan fingerprint density at radius 3 is 1.38 bits per heavy atom. The molecule has 20 rings (SSSR count). The molecule has 111 heavy (non-hydrogen) atoms. The second-order valence-corrected chi connectivity index (χ2v) is 29.4. The van der Waals surface area contributed by atoms with Crippen LogP contribution in [0.4, 0.5) is 5.82 Å². The molecule has 27 nitrogen and oxygen atoms in total. The number of aromatic nitrogens is 15. The van der Waals surface area contributed by atoms with Crippen molar-refractivity contribution in [2.24, 2.45) is 0 Å². The predicted molar refractivity (Wildman–Crippen MR) is 431 cm³/mol. The Morgan fingerprint density at radius 1 is 0.441 bits per heavy atom. The van der Waals surface area contributed by atoms with Crippen LogP contribution in [-0.4, -0.2) is 161 Å². The van der Waals surface area contributed by atoms with Crippen molar-refractivity contribution in [1.82, 2.24) is 92.9 Å². The van der Waals surface area contributed by atoms with Gasteiger partial charge >= 0.3 is 0 Å². The first-order valence-electron chi connectivity index (χ1n) is 37.2. The number of hydrogen-bond donors (Lipinski definition) is 2. The monoisotopic (exact) mass is 1500 g/mol. The minimum Gasteiger partial charge on any atom is -0.441 e. The maximum absolute atomic E-state index is 12.8. The molecule has 4 aliphatic heterocycles. The van der Waals surface area contributed by atoms with Gasteiger partial charge in [0.1, 0.15) is 28.0 Å². The highest BCUT2D eigenvalue weighted by Crippen LogP contribution is 2.32. The third kappa shape index (κ3) is 15.3. The Labute approximate surface area is 638 Å². The molecule has 12 aromatic heterocycles. The summed E-state index contributed by atoms with van der Waals surface area (Å²) in [6, 6.07) is 33.3. The van der Waals surface area contributed by atoms with Crippen molar-refractivity contribution in [2.75, 3.05) is 83.9 Å². The zero-order valence-electron chi connectivity index (χ0n) is 62.1. The van der Waals surface area contributed by atoms with Gasteiger partial charge in [0, 0.05) is 138 Å². The van der Waals surface area contributed by atoms with Gasteiger partial charge in [0.25, 0.3) is 22.2 Å². The van der Waals surface area contributed by atoms with E-state index in [2.05, 4.69) is 113 Å². The standard InChI is InChI=1S/C22H21N5O2.C21H19N5O2.C21H20N4OS.C19H18N6O2/c1-3-26-8-6-15(7-9-26)19-13-27-21(12-23-19)25-18(11-22(27)28)16-4-5-17-20(10-16)29-14(2)24-17;1-13-23-16-4-3-15(9-19(16)28-13)17-10-21(27)26-12-18(22-11-20(26)24-17)14-5-7-25(2)8-6-14;1-13-23-17-4-2-15(10-19(17)27-13)18-11-21(26)25-12-16(3-5-20(25)24-18)14-6-8-22-9-7-14;1-12-22-14-3-2-13(8-16(14)27-12)15-9-19(26)25-11-18(21-10-17(25)23-15)24-6-4-20-5-7-24/h4-6,10-13H,3,7-9H2,1-2H3;3-5,9-12H,6-8H2,1-2H3;2-5,10-12,14,22H,6-9H2,1H3;2-3,8-11,20H,4-7H2,1H3. The quantitative estimate of drug-likeness (QED) is 0.136. The van der Waals surface area contributed by atoms with Gasteiger partial charge in [0.15, 0.2) is 51.4 Å². The number of oxazole rings is 3. The number of benzene rings is 4. The number of fused-ring (bicyclic) bond motifs is 8. The zero-order valence-corrected chi connectivity index (χ0v) is 62.9. The van der Waals surface area contributed by atoms with Crippen LogP contribution >= 0.6 is 11.3 Å². The van der Waals surface area contributed by atoms with Crippen LogP contribution in [0.3, 0.4) is 0 Å². The molecule has 4 aromatic carbocycles. The van der Waals surface area contributed by atoms with Crippen LogP contribution < -0.4 is 37.8 Å². The van der Waals surface area contributed by atoms with Crippen molar-refractivity contribution in [2.45, 2.75) is 66.2 Å². The molecule has 28 heteroatoms. The average Bonchev–Trinajstić information content (AvgIpc) is 1.76. The second-order valence-electron chi connectivity index (χ2n) is 28.1. The van der Waals surface area contributed by atoms with Crippen LogP contribution in [0.25, 0.3) is 122 Å². The highest BCUT2D eigenvalue weighted by Gasteiger charge is 2.21. The Balaban J connectivity index is 0.000000108. The van der Waals surface area contributed by atoms with Crippen molar-refractivity contribution >= 4 is 94.4 Å². The Hall–Kier alpha value is -12.5. The zero-order chi connectivity index (χ0) is 76.0. The van der Waals surface area contributed by atoms with Crippen LogP contribution in [0.5, 0.6) is 0 Å². The van der Waals surface area contributed by atoms with Gasteiger partial charge in [-0.15, -0.1) is 11.3 Å². The molecule has 0 atom stereocenters.